The highest BCUT2D eigenvalue weighted by molar-refractivity contribution is 14.0. The fourth-order valence-electron chi connectivity index (χ4n) is 3.57. The highest BCUT2D eigenvalue weighted by Crippen LogP contribution is 2.17. The zero-order valence-electron chi connectivity index (χ0n) is 19.7. The summed E-state index contributed by atoms with van der Waals surface area (Å²) in [6, 6.07) is 18.0. The molecule has 0 saturated carbocycles. The lowest BCUT2D eigenvalue weighted by Crippen LogP contribution is -2.38. The molecule has 3 aromatic rings. The number of para-hydroxylation sites is 1. The molecule has 0 radical (unpaired) electrons. The average molecular weight is 560 g/mol. The Morgan fingerprint density at radius 2 is 1.85 bits per heavy atom. The maximum atomic E-state index is 11.8. The van der Waals surface area contributed by atoms with Crippen molar-refractivity contribution < 1.29 is 4.79 Å². The third-order valence-corrected chi connectivity index (χ3v) is 5.10. The van der Waals surface area contributed by atoms with E-state index in [-0.39, 0.29) is 29.9 Å². The van der Waals surface area contributed by atoms with Crippen LogP contribution in [0.25, 0.3) is 5.69 Å². The maximum absolute atomic E-state index is 11.8. The fourth-order valence-corrected chi connectivity index (χ4v) is 3.57. The minimum atomic E-state index is -0.0732. The number of carbonyl (C=O) groups excluding carboxylic acids is 1. The number of hydrogen-bond acceptors (Lipinski definition) is 3. The summed E-state index contributed by atoms with van der Waals surface area (Å²) in [5.74, 6) is 0.689. The Kier molecular flexibility index (Phi) is 10.4. The number of hydrogen-bond donors (Lipinski definition) is 3. The molecule has 2 aromatic carbocycles. The van der Waals surface area contributed by atoms with E-state index in [1.807, 2.05) is 54.9 Å². The van der Waals surface area contributed by atoms with Crippen LogP contribution in [0.1, 0.15) is 39.8 Å². The number of nitrogens with zero attached hydrogens (tertiary/aromatic N) is 3. The van der Waals surface area contributed by atoms with Gasteiger partial charge < -0.3 is 16.0 Å². The molecule has 1 amide bonds. The number of guanidine groups is 1. The minimum Gasteiger partial charge on any atom is -0.357 e. The monoisotopic (exact) mass is 560 g/mol. The first-order valence-corrected chi connectivity index (χ1v) is 11.0. The molecule has 8 heteroatoms. The summed E-state index contributed by atoms with van der Waals surface area (Å²) in [5.41, 5.74) is 6.02. The van der Waals surface area contributed by atoms with Gasteiger partial charge in [0.25, 0.3) is 5.91 Å². The van der Waals surface area contributed by atoms with Crippen molar-refractivity contribution >= 4 is 35.8 Å². The molecule has 1 aromatic heterocycles. The van der Waals surface area contributed by atoms with E-state index in [0.29, 0.717) is 18.7 Å². The van der Waals surface area contributed by atoms with Crippen LogP contribution in [0.4, 0.5) is 0 Å². The number of benzene rings is 2. The van der Waals surface area contributed by atoms with Crippen LogP contribution in [-0.2, 0) is 13.0 Å². The number of nitrogens with one attached hydrogen (secondary N) is 3. The van der Waals surface area contributed by atoms with Crippen LogP contribution >= 0.6 is 24.0 Å². The van der Waals surface area contributed by atoms with Gasteiger partial charge in [-0.3, -0.25) is 4.79 Å². The third kappa shape index (κ3) is 7.31. The molecule has 7 nitrogen and oxygen atoms in total. The summed E-state index contributed by atoms with van der Waals surface area (Å²) >= 11 is 0. The van der Waals surface area contributed by atoms with Crippen molar-refractivity contribution in [1.82, 2.24) is 25.7 Å². The van der Waals surface area contributed by atoms with Gasteiger partial charge in [-0.2, -0.15) is 5.10 Å². The number of rotatable bonds is 8. The summed E-state index contributed by atoms with van der Waals surface area (Å²) in [6.07, 6.45) is 0.789. The molecule has 0 fully saturated rings. The van der Waals surface area contributed by atoms with Crippen molar-refractivity contribution in [3.05, 3.63) is 82.7 Å². The second kappa shape index (κ2) is 13.0. The summed E-state index contributed by atoms with van der Waals surface area (Å²) in [7, 11) is 1.64. The Bertz CT molecular complexity index is 1090. The van der Waals surface area contributed by atoms with Crippen LogP contribution in [0, 0.1) is 13.8 Å². The first-order valence-electron chi connectivity index (χ1n) is 11.0. The predicted octanol–water partition coefficient (Wildman–Crippen LogP) is 3.76. The Labute approximate surface area is 213 Å². The van der Waals surface area contributed by atoms with Crippen molar-refractivity contribution in [1.29, 1.82) is 0 Å². The van der Waals surface area contributed by atoms with Crippen molar-refractivity contribution in [2.45, 2.75) is 33.7 Å². The number of aryl methyl sites for hydroxylation is 2. The molecule has 0 atom stereocenters. The van der Waals surface area contributed by atoms with Gasteiger partial charge in [0.15, 0.2) is 5.96 Å². The molecule has 3 rings (SSSR count). The van der Waals surface area contributed by atoms with E-state index >= 15 is 0 Å². The molecular weight excluding hydrogens is 527 g/mol. The molecule has 0 spiro atoms. The molecule has 0 aliphatic rings. The maximum Gasteiger partial charge on any atom is 0.251 e. The standard InChI is InChI=1S/C25H32N6O.HI/c1-5-27-25(28-14-13-20-9-8-11-21(16-20)24(32)26-4)29-17-22-10-6-7-12-23(22)31-19(3)15-18(2)30-31;/h6-12,15-16H,5,13-14,17H2,1-4H3,(H,26,32)(H2,27,28,29);1H. The lowest BCUT2D eigenvalue weighted by molar-refractivity contribution is 0.0963. The lowest BCUT2D eigenvalue weighted by Gasteiger charge is -2.13. The molecule has 33 heavy (non-hydrogen) atoms. The molecule has 0 saturated heterocycles. The molecule has 1 heterocycles. The van der Waals surface area contributed by atoms with Crippen LogP contribution in [0.15, 0.2) is 59.6 Å². The van der Waals surface area contributed by atoms with Gasteiger partial charge in [-0.25, -0.2) is 9.67 Å². The number of aliphatic imine (C=N–C) groups is 1. The smallest absolute Gasteiger partial charge is 0.251 e. The largest absolute Gasteiger partial charge is 0.357 e. The van der Waals surface area contributed by atoms with E-state index in [9.17, 15) is 4.79 Å². The number of carbonyl (C=O) groups is 1. The summed E-state index contributed by atoms with van der Waals surface area (Å²) < 4.78 is 1.97. The van der Waals surface area contributed by atoms with Gasteiger partial charge >= 0.3 is 0 Å². The first kappa shape index (κ1) is 26.4. The van der Waals surface area contributed by atoms with Crippen LogP contribution in [-0.4, -0.2) is 41.8 Å². The molecular formula is C25H33IN6O. The topological polar surface area (TPSA) is 83.3 Å². The molecule has 0 aliphatic carbocycles. The Morgan fingerprint density at radius 3 is 2.55 bits per heavy atom. The third-order valence-electron chi connectivity index (χ3n) is 5.10. The van der Waals surface area contributed by atoms with Crippen LogP contribution < -0.4 is 16.0 Å². The van der Waals surface area contributed by atoms with Gasteiger partial charge in [-0.1, -0.05) is 30.3 Å². The summed E-state index contributed by atoms with van der Waals surface area (Å²) in [6.45, 7) is 8.13. The Balaban J connectivity index is 0.00000385. The molecule has 3 N–H and O–H groups in total. The van der Waals surface area contributed by atoms with Gasteiger partial charge in [0.05, 0.1) is 17.9 Å². The molecule has 0 aliphatic heterocycles. The van der Waals surface area contributed by atoms with E-state index in [1.54, 1.807) is 7.05 Å². The average Bonchev–Trinajstić information content (AvgIpc) is 3.14. The van der Waals surface area contributed by atoms with Gasteiger partial charge in [-0.15, -0.1) is 24.0 Å². The van der Waals surface area contributed by atoms with Crippen LogP contribution in [0.3, 0.4) is 0 Å². The quantitative estimate of drug-likeness (QED) is 0.223. The van der Waals surface area contributed by atoms with E-state index in [0.717, 1.165) is 47.1 Å². The van der Waals surface area contributed by atoms with Crippen molar-refractivity contribution in [3.63, 3.8) is 0 Å². The van der Waals surface area contributed by atoms with E-state index in [4.69, 9.17) is 4.99 Å². The van der Waals surface area contributed by atoms with Gasteiger partial charge in [-0.05, 0) is 62.6 Å². The Morgan fingerprint density at radius 1 is 1.06 bits per heavy atom. The summed E-state index contributed by atoms with van der Waals surface area (Å²) in [4.78, 5) is 16.6. The van der Waals surface area contributed by atoms with Crippen LogP contribution in [0.2, 0.25) is 0 Å². The fraction of sp³-hybridized carbons (Fsp3) is 0.320. The van der Waals surface area contributed by atoms with Gasteiger partial charge in [0.1, 0.15) is 0 Å². The zero-order chi connectivity index (χ0) is 22.9. The summed E-state index contributed by atoms with van der Waals surface area (Å²) in [5, 5.41) is 14.0. The van der Waals surface area contributed by atoms with Crippen molar-refractivity contribution in [2.75, 3.05) is 20.1 Å². The molecule has 0 bridgehead atoms. The van der Waals surface area contributed by atoms with E-state index in [1.165, 1.54) is 0 Å². The van der Waals surface area contributed by atoms with Crippen LogP contribution in [0.5, 0.6) is 0 Å². The van der Waals surface area contributed by atoms with E-state index in [2.05, 4.69) is 46.2 Å². The molecule has 0 unspecified atom stereocenters. The second-order valence-electron chi connectivity index (χ2n) is 7.62. The number of halogens is 1. The number of amides is 1. The van der Waals surface area contributed by atoms with Gasteiger partial charge in [0, 0.05) is 31.4 Å². The van der Waals surface area contributed by atoms with E-state index < -0.39 is 0 Å². The molecule has 176 valence electrons. The predicted molar refractivity (Wildman–Crippen MR) is 145 cm³/mol. The SMILES string of the molecule is CCNC(=NCc1ccccc1-n1nc(C)cc1C)NCCc1cccc(C(=O)NC)c1.I. The normalized spacial score (nSPS) is 11.0. The van der Waals surface area contributed by atoms with Crippen molar-refractivity contribution in [2.24, 2.45) is 4.99 Å². The number of aromatic nitrogens is 2. The minimum absolute atomic E-state index is 0. The van der Waals surface area contributed by atoms with Gasteiger partial charge in [0.2, 0.25) is 0 Å². The zero-order valence-corrected chi connectivity index (χ0v) is 22.0. The van der Waals surface area contributed by atoms with Crippen molar-refractivity contribution in [3.8, 4) is 5.69 Å². The highest BCUT2D eigenvalue weighted by Gasteiger charge is 2.09. The Hall–Kier alpha value is -2.88. The second-order valence-corrected chi connectivity index (χ2v) is 7.62. The highest BCUT2D eigenvalue weighted by atomic mass is 127. The first-order chi connectivity index (χ1) is 15.5. The lowest BCUT2D eigenvalue weighted by atomic mass is 10.1.